The molecule has 2 aromatic heterocycles. The van der Waals surface area contributed by atoms with Crippen LogP contribution in [0.25, 0.3) is 11.2 Å². The Morgan fingerprint density at radius 3 is 2.34 bits per heavy atom. The van der Waals surface area contributed by atoms with E-state index in [0.29, 0.717) is 5.65 Å². The fraction of sp³-hybridized carbons (Fsp3) is 0.625. The van der Waals surface area contributed by atoms with Gasteiger partial charge in [-0.15, -0.1) is 5.92 Å². The summed E-state index contributed by atoms with van der Waals surface area (Å²) in [5.41, 5.74) is 0.278. The average Bonchev–Trinajstić information content (AvgIpc) is 3.42. The molecule has 2 saturated heterocycles. The van der Waals surface area contributed by atoms with Crippen LogP contribution in [-0.2, 0) is 64.7 Å². The molecule has 6 rings (SSSR count). The standard InChI is InChI=1S/C16H22N5O11P2.Y/c1-7-2-10-20-5-18-11-14(17)21(6-19-15(11)20)16-13(23)12(22)9(31-16)4-29-34(26,27)32-33(24,25)28-3-8(7)30-10;/h2,5-10,12-13,16-17,22-23H,3-4H2,1H3,(H,24,25)(H,26,27);/q-1;/t7?,8-,9-,10-,12?,13+,16-;/m1./s1. The van der Waals surface area contributed by atoms with Gasteiger partial charge in [0.05, 0.1) is 25.6 Å². The molecule has 0 amide bonds. The molecule has 4 aliphatic heterocycles. The first-order chi connectivity index (χ1) is 16.0. The number of aromatic nitrogens is 4. The van der Waals surface area contributed by atoms with Gasteiger partial charge in [0.15, 0.2) is 17.4 Å². The van der Waals surface area contributed by atoms with E-state index in [0.717, 1.165) is 4.57 Å². The maximum atomic E-state index is 12.2. The number of fused-ring (bicyclic) bond motifs is 7. The van der Waals surface area contributed by atoms with Gasteiger partial charge in [0.1, 0.15) is 30.2 Å². The van der Waals surface area contributed by atoms with Crippen LogP contribution in [0.5, 0.6) is 0 Å². The summed E-state index contributed by atoms with van der Waals surface area (Å²) in [7, 11) is -10.2. The van der Waals surface area contributed by atoms with Crippen LogP contribution in [0.3, 0.4) is 0 Å². The van der Waals surface area contributed by atoms with Gasteiger partial charge in [0.2, 0.25) is 0 Å². The van der Waals surface area contributed by atoms with Crippen molar-refractivity contribution in [3.63, 3.8) is 0 Å². The summed E-state index contributed by atoms with van der Waals surface area (Å²) in [5.74, 6) is -0.272. The molecule has 6 heterocycles. The van der Waals surface area contributed by atoms with Crippen molar-refractivity contribution in [3.05, 3.63) is 24.6 Å². The Labute approximate surface area is 222 Å². The molecule has 19 heteroatoms. The molecule has 2 aromatic rings. The molecule has 0 saturated carbocycles. The molecule has 5 N–H and O–H groups in total. The van der Waals surface area contributed by atoms with E-state index in [1.54, 1.807) is 17.9 Å². The fourth-order valence-electron chi connectivity index (χ4n) is 4.02. The molecular weight excluding hydrogens is 589 g/mol. The SMILES string of the molecule is CC1[CH-][C@H]2O[C@@H]1COP(=O)(O)OP(=O)(O)OC[C@H]1O[C@H]([C@@H](O)C1O)n1cnc3c(ncn32)c1=N.[Y]. The number of nitrogens with one attached hydrogen (secondary N) is 1. The molecule has 35 heavy (non-hydrogen) atoms. The molecule has 4 unspecified atom stereocenters. The number of aliphatic hydroxyl groups excluding tert-OH is 2. The minimum atomic E-state index is -5.14. The van der Waals surface area contributed by atoms with Crippen LogP contribution >= 0.6 is 15.6 Å². The first kappa shape index (κ1) is 27.6. The van der Waals surface area contributed by atoms with E-state index in [1.807, 2.05) is 0 Å². The van der Waals surface area contributed by atoms with Gasteiger partial charge in [-0.1, -0.05) is 6.92 Å². The minimum absolute atomic E-state index is 0. The fourth-order valence-corrected chi connectivity index (χ4v) is 6.11. The van der Waals surface area contributed by atoms with Crippen LogP contribution in [0.4, 0.5) is 0 Å². The molecule has 2 fully saturated rings. The molecule has 16 nitrogen and oxygen atoms in total. The van der Waals surface area contributed by atoms with Crippen molar-refractivity contribution in [2.75, 3.05) is 13.2 Å². The molecule has 1 radical (unpaired) electrons. The quantitative estimate of drug-likeness (QED) is 0.185. The maximum Gasteiger partial charge on any atom is 0.481 e. The number of ether oxygens (including phenoxy) is 2. The number of imidazole rings is 1. The Hall–Kier alpha value is -0.446. The van der Waals surface area contributed by atoms with Gasteiger partial charge in [0, 0.05) is 38.9 Å². The van der Waals surface area contributed by atoms with Crippen molar-refractivity contribution < 1.29 is 84.7 Å². The number of nitrogens with zero attached hydrogens (tertiary/aromatic N) is 4. The zero-order valence-electron chi connectivity index (χ0n) is 18.1. The van der Waals surface area contributed by atoms with E-state index in [2.05, 4.69) is 14.3 Å². The van der Waals surface area contributed by atoms with Crippen molar-refractivity contribution in [1.29, 1.82) is 5.41 Å². The summed E-state index contributed by atoms with van der Waals surface area (Å²) in [5, 5.41) is 29.3. The number of hydrogen-bond acceptors (Lipinski definition) is 12. The Kier molecular flexibility index (Phi) is 7.90. The number of phosphoric ester groups is 2. The average molecular weight is 611 g/mol. The van der Waals surface area contributed by atoms with Gasteiger partial charge in [-0.05, 0) is 0 Å². The van der Waals surface area contributed by atoms with Crippen LogP contribution < -0.4 is 5.49 Å². The molecule has 8 bridgehead atoms. The number of aliphatic hydroxyl groups is 2. The molecular formula is C16H22N5O11P2Y-. The maximum absolute atomic E-state index is 12.2. The first-order valence-electron chi connectivity index (χ1n) is 10.1. The third-order valence-corrected chi connectivity index (χ3v) is 8.42. The Balaban J connectivity index is 0.00000289. The number of rotatable bonds is 0. The van der Waals surface area contributed by atoms with Gasteiger partial charge < -0.3 is 34.0 Å². The third-order valence-electron chi connectivity index (χ3n) is 5.82. The molecule has 0 aromatic carbocycles. The van der Waals surface area contributed by atoms with Gasteiger partial charge >= 0.3 is 15.6 Å². The summed E-state index contributed by atoms with van der Waals surface area (Å²) in [6.45, 7) is 0.529. The third kappa shape index (κ3) is 5.28. The zero-order valence-corrected chi connectivity index (χ0v) is 22.7. The smallest absolute Gasteiger partial charge is 0.387 e. The van der Waals surface area contributed by atoms with Crippen LogP contribution in [0.15, 0.2) is 12.7 Å². The van der Waals surface area contributed by atoms with Crippen molar-refractivity contribution >= 4 is 26.8 Å². The summed E-state index contributed by atoms with van der Waals surface area (Å²) >= 11 is 0. The van der Waals surface area contributed by atoms with Crippen LogP contribution in [-0.4, -0.2) is 76.7 Å². The van der Waals surface area contributed by atoms with Crippen molar-refractivity contribution in [2.45, 2.75) is 43.8 Å². The molecule has 4 aliphatic rings. The van der Waals surface area contributed by atoms with E-state index in [-0.39, 0.29) is 49.6 Å². The van der Waals surface area contributed by atoms with E-state index in [9.17, 15) is 29.1 Å². The van der Waals surface area contributed by atoms with Crippen molar-refractivity contribution in [3.8, 4) is 0 Å². The van der Waals surface area contributed by atoms with Gasteiger partial charge in [-0.3, -0.25) is 25.4 Å². The zero-order chi connectivity index (χ0) is 24.4. The normalized spacial score (nSPS) is 42.1. The molecule has 9 atom stereocenters. The predicted molar refractivity (Wildman–Crippen MR) is 107 cm³/mol. The van der Waals surface area contributed by atoms with Gasteiger partial charge in [0.25, 0.3) is 0 Å². The minimum Gasteiger partial charge on any atom is -0.387 e. The van der Waals surface area contributed by atoms with Crippen LogP contribution in [0.1, 0.15) is 19.4 Å². The van der Waals surface area contributed by atoms with E-state index in [1.165, 1.54) is 12.7 Å². The molecule has 191 valence electrons. The Bertz CT molecular complexity index is 1260. The summed E-state index contributed by atoms with van der Waals surface area (Å²) < 4.78 is 52.4. The van der Waals surface area contributed by atoms with Crippen molar-refractivity contribution in [2.24, 2.45) is 5.92 Å². The summed E-state index contributed by atoms with van der Waals surface area (Å²) in [6, 6.07) is 0. The Morgan fingerprint density at radius 2 is 1.66 bits per heavy atom. The van der Waals surface area contributed by atoms with Gasteiger partial charge in [-0.25, -0.2) is 19.1 Å². The monoisotopic (exact) mass is 611 g/mol. The van der Waals surface area contributed by atoms with E-state index < -0.39 is 65.7 Å². The summed E-state index contributed by atoms with van der Waals surface area (Å²) in [6.07, 6.45) is -2.83. The summed E-state index contributed by atoms with van der Waals surface area (Å²) in [4.78, 5) is 28.3. The largest absolute Gasteiger partial charge is 0.481 e. The second-order valence-electron chi connectivity index (χ2n) is 8.10. The van der Waals surface area contributed by atoms with Crippen molar-refractivity contribution in [1.82, 2.24) is 19.1 Å². The first-order valence-corrected chi connectivity index (χ1v) is 13.1. The molecule has 0 spiro atoms. The second kappa shape index (κ2) is 10.0. The Morgan fingerprint density at radius 1 is 1.03 bits per heavy atom. The number of phosphoric acid groups is 2. The van der Waals surface area contributed by atoms with Crippen LogP contribution in [0, 0.1) is 17.7 Å². The topological polar surface area (TPSA) is 221 Å². The van der Waals surface area contributed by atoms with Crippen LogP contribution in [0.2, 0.25) is 0 Å². The van der Waals surface area contributed by atoms with E-state index >= 15 is 0 Å². The van der Waals surface area contributed by atoms with E-state index in [4.69, 9.17) is 23.9 Å². The predicted octanol–water partition coefficient (Wildman–Crippen LogP) is -0.669. The number of hydrogen-bond donors (Lipinski definition) is 5. The van der Waals surface area contributed by atoms with Gasteiger partial charge in [-0.2, -0.15) is 4.31 Å². The second-order valence-corrected chi connectivity index (χ2v) is 11.1. The molecule has 0 aliphatic carbocycles.